The molecule has 3 aliphatic rings. The maximum atomic E-state index is 6.06. The third-order valence-electron chi connectivity index (χ3n) is 5.85. The number of hydrogen-bond acceptors (Lipinski definition) is 5. The van der Waals surface area contributed by atoms with Gasteiger partial charge >= 0.3 is 0 Å². The Morgan fingerprint density at radius 2 is 2.14 bits per heavy atom. The van der Waals surface area contributed by atoms with Crippen molar-refractivity contribution in [2.75, 3.05) is 57.4 Å². The molecular formula is C21H32N4O2S. The summed E-state index contributed by atoms with van der Waals surface area (Å²) in [5, 5.41) is 6.91. The van der Waals surface area contributed by atoms with Crippen LogP contribution in [-0.4, -0.2) is 79.9 Å². The number of fused-ring (bicyclic) bond motifs is 1. The molecule has 28 heavy (non-hydrogen) atoms. The Balaban J connectivity index is 1.36. The SMILES string of the molecule is CCNC(=NCC1(N2CCOCC2)CCSC1)NCC1Cc2ccccc2O1. The van der Waals surface area contributed by atoms with Crippen LogP contribution in [0.25, 0.3) is 0 Å². The summed E-state index contributed by atoms with van der Waals surface area (Å²) in [4.78, 5) is 7.61. The highest BCUT2D eigenvalue weighted by atomic mass is 32.2. The molecule has 2 unspecified atom stereocenters. The molecular weight excluding hydrogens is 372 g/mol. The summed E-state index contributed by atoms with van der Waals surface area (Å²) in [6.45, 7) is 8.30. The number of morpholine rings is 1. The summed E-state index contributed by atoms with van der Waals surface area (Å²) in [5.41, 5.74) is 1.47. The molecule has 7 heteroatoms. The van der Waals surface area contributed by atoms with Crippen LogP contribution in [0.4, 0.5) is 0 Å². The van der Waals surface area contributed by atoms with E-state index >= 15 is 0 Å². The Hall–Kier alpha value is -1.44. The van der Waals surface area contributed by atoms with Gasteiger partial charge < -0.3 is 20.1 Å². The number of nitrogens with one attached hydrogen (secondary N) is 2. The Morgan fingerprint density at radius 1 is 1.29 bits per heavy atom. The van der Waals surface area contributed by atoms with Gasteiger partial charge in [-0.15, -0.1) is 0 Å². The molecule has 0 spiro atoms. The van der Waals surface area contributed by atoms with Gasteiger partial charge in [0, 0.05) is 31.8 Å². The zero-order chi connectivity index (χ0) is 19.2. The molecule has 6 nitrogen and oxygen atoms in total. The van der Waals surface area contributed by atoms with E-state index in [0.717, 1.165) is 69.8 Å². The highest BCUT2D eigenvalue weighted by Gasteiger charge is 2.40. The normalized spacial score (nSPS) is 28.0. The number of thioether (sulfide) groups is 1. The molecule has 0 aromatic heterocycles. The third-order valence-corrected chi connectivity index (χ3v) is 7.09. The van der Waals surface area contributed by atoms with Crippen LogP contribution in [0, 0.1) is 0 Å². The van der Waals surface area contributed by atoms with E-state index in [2.05, 4.69) is 52.4 Å². The molecule has 2 fully saturated rings. The second-order valence-corrected chi connectivity index (χ2v) is 8.86. The van der Waals surface area contributed by atoms with Gasteiger partial charge in [0.25, 0.3) is 0 Å². The van der Waals surface area contributed by atoms with Crippen LogP contribution in [-0.2, 0) is 11.2 Å². The first-order chi connectivity index (χ1) is 13.8. The molecule has 4 rings (SSSR count). The first kappa shape index (κ1) is 19.9. The van der Waals surface area contributed by atoms with E-state index in [4.69, 9.17) is 14.5 Å². The maximum absolute atomic E-state index is 6.06. The second kappa shape index (κ2) is 9.37. The lowest BCUT2D eigenvalue weighted by molar-refractivity contribution is -0.0104. The summed E-state index contributed by atoms with van der Waals surface area (Å²) in [7, 11) is 0. The first-order valence-corrected chi connectivity index (χ1v) is 11.6. The fourth-order valence-electron chi connectivity index (χ4n) is 4.25. The van der Waals surface area contributed by atoms with Crippen LogP contribution in [0.1, 0.15) is 18.9 Å². The van der Waals surface area contributed by atoms with Crippen molar-refractivity contribution in [3.8, 4) is 5.75 Å². The second-order valence-electron chi connectivity index (χ2n) is 7.75. The average Bonchev–Trinajstić information content (AvgIpc) is 3.38. The predicted octanol–water partition coefficient (Wildman–Crippen LogP) is 1.75. The minimum atomic E-state index is 0.163. The predicted molar refractivity (Wildman–Crippen MR) is 116 cm³/mol. The Morgan fingerprint density at radius 3 is 2.89 bits per heavy atom. The van der Waals surface area contributed by atoms with E-state index in [-0.39, 0.29) is 11.6 Å². The Labute approximate surface area is 172 Å². The molecule has 2 atom stereocenters. The van der Waals surface area contributed by atoms with E-state index < -0.39 is 0 Å². The zero-order valence-electron chi connectivity index (χ0n) is 16.8. The molecule has 0 bridgehead atoms. The van der Waals surface area contributed by atoms with Crippen LogP contribution in [0.5, 0.6) is 5.75 Å². The number of aliphatic imine (C=N–C) groups is 1. The smallest absolute Gasteiger partial charge is 0.191 e. The standard InChI is InChI=1S/C21H32N4O2S/c1-2-22-20(23-14-18-13-17-5-3-4-6-19(17)27-18)24-15-21(7-12-28-16-21)25-8-10-26-11-9-25/h3-6,18H,2,7-16H2,1H3,(H2,22,23,24). The lowest BCUT2D eigenvalue weighted by atomic mass is 9.96. The van der Waals surface area contributed by atoms with E-state index in [9.17, 15) is 0 Å². The van der Waals surface area contributed by atoms with E-state index in [1.54, 1.807) is 0 Å². The molecule has 1 aromatic rings. The van der Waals surface area contributed by atoms with Crippen molar-refractivity contribution in [2.45, 2.75) is 31.4 Å². The third kappa shape index (κ3) is 4.58. The zero-order valence-corrected chi connectivity index (χ0v) is 17.6. The number of rotatable bonds is 6. The molecule has 0 saturated carbocycles. The fourth-order valence-corrected chi connectivity index (χ4v) is 5.72. The van der Waals surface area contributed by atoms with Crippen molar-refractivity contribution in [3.05, 3.63) is 29.8 Å². The van der Waals surface area contributed by atoms with Crippen LogP contribution < -0.4 is 15.4 Å². The van der Waals surface area contributed by atoms with Gasteiger partial charge in [0.1, 0.15) is 11.9 Å². The van der Waals surface area contributed by atoms with Gasteiger partial charge in [-0.1, -0.05) is 18.2 Å². The summed E-state index contributed by atoms with van der Waals surface area (Å²) in [5.74, 6) is 4.30. The molecule has 0 radical (unpaired) electrons. The number of guanidine groups is 1. The van der Waals surface area contributed by atoms with Gasteiger partial charge in [0.2, 0.25) is 0 Å². The highest BCUT2D eigenvalue weighted by molar-refractivity contribution is 7.99. The quantitative estimate of drug-likeness (QED) is 0.557. The Kier molecular flexibility index (Phi) is 6.65. The minimum absolute atomic E-state index is 0.163. The highest BCUT2D eigenvalue weighted by Crippen LogP contribution is 2.34. The number of ether oxygens (including phenoxy) is 2. The summed E-state index contributed by atoms with van der Waals surface area (Å²) >= 11 is 2.05. The molecule has 2 saturated heterocycles. The minimum Gasteiger partial charge on any atom is -0.488 e. The topological polar surface area (TPSA) is 58.1 Å². The number of hydrogen-bond donors (Lipinski definition) is 2. The van der Waals surface area contributed by atoms with Crippen molar-refractivity contribution in [1.82, 2.24) is 15.5 Å². The molecule has 3 heterocycles. The van der Waals surface area contributed by atoms with Crippen LogP contribution >= 0.6 is 11.8 Å². The summed E-state index contributed by atoms with van der Waals surface area (Å²) in [6.07, 6.45) is 2.33. The number of nitrogens with zero attached hydrogens (tertiary/aromatic N) is 2. The van der Waals surface area contributed by atoms with E-state index in [0.29, 0.717) is 0 Å². The molecule has 3 aliphatic heterocycles. The average molecular weight is 405 g/mol. The first-order valence-electron chi connectivity index (χ1n) is 10.5. The number of para-hydroxylation sites is 1. The Bertz CT molecular complexity index is 647. The molecule has 0 amide bonds. The van der Waals surface area contributed by atoms with Crippen molar-refractivity contribution in [2.24, 2.45) is 4.99 Å². The maximum Gasteiger partial charge on any atom is 0.191 e. The van der Waals surface area contributed by atoms with E-state index in [1.807, 2.05) is 6.07 Å². The number of benzene rings is 1. The molecule has 2 N–H and O–H groups in total. The van der Waals surface area contributed by atoms with Gasteiger partial charge in [-0.3, -0.25) is 9.89 Å². The van der Waals surface area contributed by atoms with Gasteiger partial charge in [0.05, 0.1) is 31.8 Å². The van der Waals surface area contributed by atoms with Gasteiger partial charge in [-0.05, 0) is 30.7 Å². The van der Waals surface area contributed by atoms with Gasteiger partial charge in [-0.25, -0.2) is 0 Å². The molecule has 1 aromatic carbocycles. The van der Waals surface area contributed by atoms with Crippen molar-refractivity contribution in [3.63, 3.8) is 0 Å². The van der Waals surface area contributed by atoms with Crippen LogP contribution in [0.3, 0.4) is 0 Å². The fraction of sp³-hybridized carbons (Fsp3) is 0.667. The van der Waals surface area contributed by atoms with Crippen molar-refractivity contribution >= 4 is 17.7 Å². The molecule has 154 valence electrons. The lowest BCUT2D eigenvalue weighted by Gasteiger charge is -2.42. The van der Waals surface area contributed by atoms with Crippen LogP contribution in [0.2, 0.25) is 0 Å². The monoisotopic (exact) mass is 404 g/mol. The molecule has 0 aliphatic carbocycles. The van der Waals surface area contributed by atoms with Gasteiger partial charge in [-0.2, -0.15) is 11.8 Å². The van der Waals surface area contributed by atoms with Crippen molar-refractivity contribution in [1.29, 1.82) is 0 Å². The lowest BCUT2D eigenvalue weighted by Crippen LogP contribution is -2.56. The van der Waals surface area contributed by atoms with E-state index in [1.165, 1.54) is 17.7 Å². The summed E-state index contributed by atoms with van der Waals surface area (Å²) in [6, 6.07) is 8.32. The van der Waals surface area contributed by atoms with Gasteiger partial charge in [0.15, 0.2) is 5.96 Å². The van der Waals surface area contributed by atoms with Crippen molar-refractivity contribution < 1.29 is 9.47 Å². The van der Waals surface area contributed by atoms with Crippen LogP contribution in [0.15, 0.2) is 29.3 Å². The largest absolute Gasteiger partial charge is 0.488 e. The summed E-state index contributed by atoms with van der Waals surface area (Å²) < 4.78 is 11.6.